The topological polar surface area (TPSA) is 96.3 Å². The van der Waals surface area contributed by atoms with Gasteiger partial charge in [0.2, 0.25) is 17.7 Å². The van der Waals surface area contributed by atoms with Gasteiger partial charge in [-0.15, -0.1) is 0 Å². The zero-order chi connectivity index (χ0) is 20.1. The molecule has 1 aliphatic rings. The summed E-state index contributed by atoms with van der Waals surface area (Å²) in [5.74, 6) is -1.34. The molecule has 1 fully saturated rings. The van der Waals surface area contributed by atoms with Crippen molar-refractivity contribution in [2.45, 2.75) is 26.3 Å². The molecule has 0 bridgehead atoms. The first kappa shape index (κ1) is 19.5. The number of carbonyl (C=O) groups is 3. The number of hydrogen-bond donors (Lipinski definition) is 2. The van der Waals surface area contributed by atoms with E-state index in [0.29, 0.717) is 24.5 Å². The summed E-state index contributed by atoms with van der Waals surface area (Å²) in [4.78, 5) is 38.0. The van der Waals surface area contributed by atoms with Crippen LogP contribution in [0.2, 0.25) is 0 Å². The number of carbonyl (C=O) groups excluding carboxylic acids is 3. The molecule has 148 valence electrons. The number of benzene rings is 1. The number of nitrogens with zero attached hydrogens (tertiary/aromatic N) is 3. The highest BCUT2D eigenvalue weighted by Gasteiger charge is 2.33. The first-order chi connectivity index (χ1) is 13.4. The van der Waals surface area contributed by atoms with Gasteiger partial charge in [-0.1, -0.05) is 6.92 Å². The van der Waals surface area contributed by atoms with Crippen molar-refractivity contribution in [2.75, 3.05) is 23.7 Å². The molecule has 3 rings (SSSR count). The lowest BCUT2D eigenvalue weighted by atomic mass is 10.1. The van der Waals surface area contributed by atoms with E-state index >= 15 is 0 Å². The molecule has 1 atom stereocenters. The van der Waals surface area contributed by atoms with E-state index in [1.807, 2.05) is 6.92 Å². The monoisotopic (exact) mass is 387 g/mol. The van der Waals surface area contributed by atoms with Gasteiger partial charge in [0.1, 0.15) is 12.4 Å². The number of likely N-dealkylation sites (tertiary alicyclic amines) is 1. The van der Waals surface area contributed by atoms with Crippen molar-refractivity contribution in [1.82, 2.24) is 14.7 Å². The SMILES string of the molecule is CCCN1CC(C(=O)Nc2cnn(CC(=O)Nc3ccc(F)cc3)c2)CC1=O. The largest absolute Gasteiger partial charge is 0.342 e. The lowest BCUT2D eigenvalue weighted by Crippen LogP contribution is -2.28. The Morgan fingerprint density at radius 1 is 1.21 bits per heavy atom. The number of nitrogens with one attached hydrogen (secondary N) is 2. The van der Waals surface area contributed by atoms with Crippen LogP contribution in [0.1, 0.15) is 19.8 Å². The Bertz CT molecular complexity index is 865. The third-order valence-corrected chi connectivity index (χ3v) is 4.41. The van der Waals surface area contributed by atoms with Crippen molar-refractivity contribution >= 4 is 29.1 Å². The van der Waals surface area contributed by atoms with Crippen molar-refractivity contribution < 1.29 is 18.8 Å². The van der Waals surface area contributed by atoms with E-state index in [1.165, 1.54) is 35.1 Å². The zero-order valence-corrected chi connectivity index (χ0v) is 15.5. The molecule has 1 aromatic carbocycles. The minimum absolute atomic E-state index is 0.00448. The van der Waals surface area contributed by atoms with Crippen LogP contribution in [-0.4, -0.2) is 45.5 Å². The molecule has 8 nitrogen and oxygen atoms in total. The molecule has 3 amide bonds. The molecule has 9 heteroatoms. The summed E-state index contributed by atoms with van der Waals surface area (Å²) < 4.78 is 14.3. The van der Waals surface area contributed by atoms with Crippen LogP contribution in [0, 0.1) is 11.7 Å². The predicted molar refractivity (Wildman–Crippen MR) is 101 cm³/mol. The van der Waals surface area contributed by atoms with Crippen molar-refractivity contribution in [2.24, 2.45) is 5.92 Å². The average Bonchev–Trinajstić information content (AvgIpc) is 3.24. The lowest BCUT2D eigenvalue weighted by Gasteiger charge is -2.14. The molecule has 1 saturated heterocycles. The number of hydrogen-bond acceptors (Lipinski definition) is 4. The Balaban J connectivity index is 1.51. The molecule has 0 aliphatic carbocycles. The molecule has 2 aromatic rings. The van der Waals surface area contributed by atoms with Crippen LogP contribution in [-0.2, 0) is 20.9 Å². The van der Waals surface area contributed by atoms with Crippen LogP contribution in [0.25, 0.3) is 0 Å². The van der Waals surface area contributed by atoms with E-state index in [4.69, 9.17) is 0 Å². The fourth-order valence-electron chi connectivity index (χ4n) is 3.07. The van der Waals surface area contributed by atoms with Gasteiger partial charge in [-0.2, -0.15) is 5.10 Å². The van der Waals surface area contributed by atoms with Gasteiger partial charge in [0.05, 0.1) is 17.8 Å². The maximum Gasteiger partial charge on any atom is 0.246 e. The first-order valence-corrected chi connectivity index (χ1v) is 9.11. The van der Waals surface area contributed by atoms with Gasteiger partial charge < -0.3 is 15.5 Å². The van der Waals surface area contributed by atoms with E-state index in [1.54, 1.807) is 11.1 Å². The van der Waals surface area contributed by atoms with Crippen LogP contribution in [0.4, 0.5) is 15.8 Å². The Hall–Kier alpha value is -3.23. The predicted octanol–water partition coefficient (Wildman–Crippen LogP) is 1.86. The van der Waals surface area contributed by atoms with Crippen LogP contribution in [0.15, 0.2) is 36.7 Å². The van der Waals surface area contributed by atoms with Crippen molar-refractivity contribution in [3.05, 3.63) is 42.5 Å². The van der Waals surface area contributed by atoms with Crippen LogP contribution >= 0.6 is 0 Å². The van der Waals surface area contributed by atoms with Gasteiger partial charge in [0.25, 0.3) is 0 Å². The third-order valence-electron chi connectivity index (χ3n) is 4.41. The molecule has 0 radical (unpaired) electrons. The summed E-state index contributed by atoms with van der Waals surface area (Å²) in [7, 11) is 0. The molecule has 2 heterocycles. The summed E-state index contributed by atoms with van der Waals surface area (Å²) >= 11 is 0. The normalized spacial score (nSPS) is 16.3. The molecule has 1 aromatic heterocycles. The summed E-state index contributed by atoms with van der Waals surface area (Å²) in [6.07, 6.45) is 4.05. The fourth-order valence-corrected chi connectivity index (χ4v) is 3.07. The van der Waals surface area contributed by atoms with Crippen LogP contribution < -0.4 is 10.6 Å². The van der Waals surface area contributed by atoms with E-state index in [9.17, 15) is 18.8 Å². The van der Waals surface area contributed by atoms with Crippen molar-refractivity contribution in [1.29, 1.82) is 0 Å². The quantitative estimate of drug-likeness (QED) is 0.758. The molecule has 28 heavy (non-hydrogen) atoms. The summed E-state index contributed by atoms with van der Waals surface area (Å²) in [5, 5.41) is 9.43. The molecule has 1 aliphatic heterocycles. The molecule has 0 spiro atoms. The number of amides is 3. The van der Waals surface area contributed by atoms with E-state index in [0.717, 1.165) is 6.42 Å². The average molecular weight is 387 g/mol. The fraction of sp³-hybridized carbons (Fsp3) is 0.368. The molecule has 1 unspecified atom stereocenters. The second-order valence-electron chi connectivity index (χ2n) is 6.71. The summed E-state index contributed by atoms with van der Waals surface area (Å²) in [5.41, 5.74) is 0.940. The number of rotatable bonds is 7. The highest BCUT2D eigenvalue weighted by Crippen LogP contribution is 2.20. The van der Waals surface area contributed by atoms with Crippen LogP contribution in [0.3, 0.4) is 0 Å². The van der Waals surface area contributed by atoms with E-state index in [-0.39, 0.29) is 42.4 Å². The number of aromatic nitrogens is 2. The smallest absolute Gasteiger partial charge is 0.246 e. The van der Waals surface area contributed by atoms with Gasteiger partial charge >= 0.3 is 0 Å². The second kappa shape index (κ2) is 8.64. The van der Waals surface area contributed by atoms with E-state index < -0.39 is 0 Å². The number of anilines is 2. The minimum Gasteiger partial charge on any atom is -0.342 e. The Labute approximate surface area is 161 Å². The van der Waals surface area contributed by atoms with Gasteiger partial charge in [-0.3, -0.25) is 19.1 Å². The summed E-state index contributed by atoms with van der Waals surface area (Å²) in [6.45, 7) is 3.01. The Morgan fingerprint density at radius 2 is 1.96 bits per heavy atom. The number of halogens is 1. The maximum atomic E-state index is 12.9. The molecular weight excluding hydrogens is 365 g/mol. The summed E-state index contributed by atoms with van der Waals surface area (Å²) in [6, 6.07) is 5.44. The van der Waals surface area contributed by atoms with Gasteiger partial charge in [0.15, 0.2) is 0 Å². The minimum atomic E-state index is -0.385. The van der Waals surface area contributed by atoms with Gasteiger partial charge in [0, 0.05) is 31.4 Å². The molecule has 0 saturated carbocycles. The standard InChI is InChI=1S/C19H22FN5O3/c1-2-7-24-10-13(8-18(24)27)19(28)23-16-9-21-25(11-16)12-17(26)22-15-5-3-14(20)4-6-15/h3-6,9,11,13H,2,7-8,10,12H2,1H3,(H,22,26)(H,23,28). The lowest BCUT2D eigenvalue weighted by molar-refractivity contribution is -0.128. The second-order valence-corrected chi connectivity index (χ2v) is 6.71. The molecular formula is C19H22FN5O3. The highest BCUT2D eigenvalue weighted by atomic mass is 19.1. The van der Waals surface area contributed by atoms with Crippen molar-refractivity contribution in [3.8, 4) is 0 Å². The van der Waals surface area contributed by atoms with Crippen molar-refractivity contribution in [3.63, 3.8) is 0 Å². The van der Waals surface area contributed by atoms with E-state index in [2.05, 4.69) is 15.7 Å². The highest BCUT2D eigenvalue weighted by molar-refractivity contribution is 5.97. The third kappa shape index (κ3) is 4.93. The zero-order valence-electron chi connectivity index (χ0n) is 15.5. The first-order valence-electron chi connectivity index (χ1n) is 9.11. The van der Waals surface area contributed by atoms with Crippen LogP contribution in [0.5, 0.6) is 0 Å². The molecule has 2 N–H and O–H groups in total. The van der Waals surface area contributed by atoms with Gasteiger partial charge in [-0.25, -0.2) is 4.39 Å². The van der Waals surface area contributed by atoms with Gasteiger partial charge in [-0.05, 0) is 30.7 Å². The Kier molecular flexibility index (Phi) is 6.03. The Morgan fingerprint density at radius 3 is 2.68 bits per heavy atom. The maximum absolute atomic E-state index is 12.9.